The summed E-state index contributed by atoms with van der Waals surface area (Å²) in [6, 6.07) is -1.05. The zero-order valence-corrected chi connectivity index (χ0v) is 12.9. The maximum absolute atomic E-state index is 12.0. The predicted molar refractivity (Wildman–Crippen MR) is 76.1 cm³/mol. The van der Waals surface area contributed by atoms with Crippen molar-refractivity contribution in [3.05, 3.63) is 0 Å². The molecule has 112 valence electrons. The molecule has 0 aliphatic heterocycles. The third kappa shape index (κ3) is 7.03. The number of carboxylic acid groups (broad SMARTS) is 1. The summed E-state index contributed by atoms with van der Waals surface area (Å²) < 4.78 is 0. The summed E-state index contributed by atoms with van der Waals surface area (Å²) in [6.07, 6.45) is 1.33. The standard InChI is InChI=1S/C14H28N2O3/c1-9(2)7-11(5)16(6)14(19)15-12(13(17)18)8-10(3)4/h9-12H,7-8H2,1-6H3,(H,15,19)(H,17,18). The lowest BCUT2D eigenvalue weighted by molar-refractivity contribution is -0.139. The topological polar surface area (TPSA) is 69.6 Å². The van der Waals surface area contributed by atoms with Crippen molar-refractivity contribution in [2.24, 2.45) is 11.8 Å². The van der Waals surface area contributed by atoms with Crippen LogP contribution in [0.2, 0.25) is 0 Å². The van der Waals surface area contributed by atoms with E-state index in [1.165, 1.54) is 0 Å². The Hall–Kier alpha value is -1.26. The van der Waals surface area contributed by atoms with Crippen LogP contribution in [0.25, 0.3) is 0 Å². The van der Waals surface area contributed by atoms with E-state index in [2.05, 4.69) is 19.2 Å². The molecular formula is C14H28N2O3. The summed E-state index contributed by atoms with van der Waals surface area (Å²) in [5, 5.41) is 11.7. The molecule has 0 aromatic carbocycles. The fourth-order valence-corrected chi connectivity index (χ4v) is 1.98. The predicted octanol–water partition coefficient (Wildman–Crippen LogP) is 2.56. The van der Waals surface area contributed by atoms with Gasteiger partial charge in [-0.25, -0.2) is 9.59 Å². The van der Waals surface area contributed by atoms with Crippen LogP contribution in [-0.2, 0) is 4.79 Å². The molecule has 2 unspecified atom stereocenters. The Morgan fingerprint density at radius 2 is 1.53 bits per heavy atom. The van der Waals surface area contributed by atoms with Crippen molar-refractivity contribution < 1.29 is 14.7 Å². The molecule has 0 aromatic rings. The van der Waals surface area contributed by atoms with Gasteiger partial charge in [0.2, 0.25) is 0 Å². The Morgan fingerprint density at radius 3 is 1.89 bits per heavy atom. The molecule has 0 radical (unpaired) electrons. The van der Waals surface area contributed by atoms with Gasteiger partial charge in [-0.15, -0.1) is 0 Å². The fourth-order valence-electron chi connectivity index (χ4n) is 1.98. The molecule has 0 saturated carbocycles. The molecule has 0 heterocycles. The molecule has 19 heavy (non-hydrogen) atoms. The molecule has 0 aromatic heterocycles. The largest absolute Gasteiger partial charge is 0.480 e. The second kappa shape index (κ2) is 8.02. The number of carboxylic acids is 1. The number of rotatable bonds is 7. The van der Waals surface area contributed by atoms with E-state index in [-0.39, 0.29) is 18.0 Å². The van der Waals surface area contributed by atoms with Gasteiger partial charge in [-0.3, -0.25) is 0 Å². The summed E-state index contributed by atoms with van der Waals surface area (Å²) in [7, 11) is 1.71. The first kappa shape index (κ1) is 17.7. The molecule has 0 bridgehead atoms. The van der Waals surface area contributed by atoms with Crippen molar-refractivity contribution in [2.45, 2.75) is 59.5 Å². The van der Waals surface area contributed by atoms with Crippen molar-refractivity contribution >= 4 is 12.0 Å². The summed E-state index contributed by atoms with van der Waals surface area (Å²) in [5.74, 6) is -0.261. The Labute approximate surface area is 116 Å². The molecule has 5 heteroatoms. The summed E-state index contributed by atoms with van der Waals surface area (Å²) in [6.45, 7) is 10.0. The molecular weight excluding hydrogens is 244 g/mol. The van der Waals surface area contributed by atoms with Gasteiger partial charge in [-0.1, -0.05) is 27.7 Å². The number of amides is 2. The number of carbonyl (C=O) groups excluding carboxylic acids is 1. The van der Waals surface area contributed by atoms with Crippen LogP contribution < -0.4 is 5.32 Å². The minimum Gasteiger partial charge on any atom is -0.480 e. The van der Waals surface area contributed by atoms with E-state index in [4.69, 9.17) is 5.11 Å². The van der Waals surface area contributed by atoms with Gasteiger partial charge in [0.15, 0.2) is 0 Å². The number of carbonyl (C=O) groups is 2. The Morgan fingerprint density at radius 1 is 1.05 bits per heavy atom. The van der Waals surface area contributed by atoms with Gasteiger partial charge < -0.3 is 15.3 Å². The molecule has 0 saturated heterocycles. The second-order valence-electron chi connectivity index (χ2n) is 6.06. The molecule has 0 fully saturated rings. The lowest BCUT2D eigenvalue weighted by atomic mass is 10.0. The van der Waals surface area contributed by atoms with E-state index in [1.54, 1.807) is 11.9 Å². The summed E-state index contributed by atoms with van der Waals surface area (Å²) in [4.78, 5) is 24.7. The molecule has 0 aliphatic rings. The first-order valence-corrected chi connectivity index (χ1v) is 6.91. The molecule has 2 N–H and O–H groups in total. The SMILES string of the molecule is CC(C)CC(NC(=O)N(C)C(C)CC(C)C)C(=O)O. The monoisotopic (exact) mass is 272 g/mol. The van der Waals surface area contributed by atoms with Crippen molar-refractivity contribution in [3.63, 3.8) is 0 Å². The minimum absolute atomic E-state index is 0.0912. The fraction of sp³-hybridized carbons (Fsp3) is 0.857. The maximum Gasteiger partial charge on any atom is 0.326 e. The van der Waals surface area contributed by atoms with Crippen molar-refractivity contribution in [2.75, 3.05) is 7.05 Å². The second-order valence-corrected chi connectivity index (χ2v) is 6.06. The number of hydrogen-bond acceptors (Lipinski definition) is 2. The van der Waals surface area contributed by atoms with Gasteiger partial charge in [0.1, 0.15) is 6.04 Å². The highest BCUT2D eigenvalue weighted by Gasteiger charge is 2.24. The van der Waals surface area contributed by atoms with Crippen LogP contribution >= 0.6 is 0 Å². The smallest absolute Gasteiger partial charge is 0.326 e. The zero-order chi connectivity index (χ0) is 15.2. The van der Waals surface area contributed by atoms with E-state index in [9.17, 15) is 9.59 Å². The van der Waals surface area contributed by atoms with Gasteiger partial charge in [0, 0.05) is 13.1 Å². The number of aliphatic carboxylic acids is 1. The Kier molecular flexibility index (Phi) is 7.49. The van der Waals surface area contributed by atoms with Gasteiger partial charge in [-0.2, -0.15) is 0 Å². The number of urea groups is 1. The van der Waals surface area contributed by atoms with Crippen molar-refractivity contribution in [1.29, 1.82) is 0 Å². The summed E-state index contributed by atoms with van der Waals surface area (Å²) in [5.41, 5.74) is 0. The highest BCUT2D eigenvalue weighted by Crippen LogP contribution is 2.11. The van der Waals surface area contributed by atoms with Crippen LogP contribution in [0.5, 0.6) is 0 Å². The maximum atomic E-state index is 12.0. The van der Waals surface area contributed by atoms with Gasteiger partial charge in [0.25, 0.3) is 0 Å². The van der Waals surface area contributed by atoms with Crippen LogP contribution in [0, 0.1) is 11.8 Å². The number of nitrogens with zero attached hydrogens (tertiary/aromatic N) is 1. The van der Waals surface area contributed by atoms with Crippen LogP contribution in [-0.4, -0.2) is 41.1 Å². The van der Waals surface area contributed by atoms with E-state index in [1.807, 2.05) is 20.8 Å². The highest BCUT2D eigenvalue weighted by molar-refractivity contribution is 5.82. The Bertz CT molecular complexity index is 303. The van der Waals surface area contributed by atoms with E-state index in [0.29, 0.717) is 12.3 Å². The minimum atomic E-state index is -0.980. The van der Waals surface area contributed by atoms with E-state index >= 15 is 0 Å². The molecule has 0 aliphatic carbocycles. The van der Waals surface area contributed by atoms with Crippen LogP contribution in [0.3, 0.4) is 0 Å². The lowest BCUT2D eigenvalue weighted by Crippen LogP contribution is -2.49. The van der Waals surface area contributed by atoms with Crippen LogP contribution in [0.1, 0.15) is 47.5 Å². The normalized spacial score (nSPS) is 14.3. The summed E-state index contributed by atoms with van der Waals surface area (Å²) >= 11 is 0. The van der Waals surface area contributed by atoms with E-state index < -0.39 is 12.0 Å². The van der Waals surface area contributed by atoms with Crippen molar-refractivity contribution in [3.8, 4) is 0 Å². The lowest BCUT2D eigenvalue weighted by Gasteiger charge is -2.28. The molecule has 2 atom stereocenters. The number of hydrogen-bond donors (Lipinski definition) is 2. The molecule has 0 rings (SSSR count). The van der Waals surface area contributed by atoms with Gasteiger partial charge >= 0.3 is 12.0 Å². The molecule has 0 spiro atoms. The first-order valence-electron chi connectivity index (χ1n) is 6.91. The molecule has 5 nitrogen and oxygen atoms in total. The first-order chi connectivity index (χ1) is 8.65. The third-order valence-electron chi connectivity index (χ3n) is 3.10. The van der Waals surface area contributed by atoms with Gasteiger partial charge in [-0.05, 0) is 31.6 Å². The highest BCUT2D eigenvalue weighted by atomic mass is 16.4. The Balaban J connectivity index is 4.50. The quantitative estimate of drug-likeness (QED) is 0.748. The van der Waals surface area contributed by atoms with Crippen LogP contribution in [0.4, 0.5) is 4.79 Å². The average Bonchev–Trinajstić information content (AvgIpc) is 2.25. The molecule has 2 amide bonds. The van der Waals surface area contributed by atoms with E-state index in [0.717, 1.165) is 6.42 Å². The number of nitrogens with one attached hydrogen (secondary N) is 1. The van der Waals surface area contributed by atoms with Gasteiger partial charge in [0.05, 0.1) is 0 Å². The third-order valence-corrected chi connectivity index (χ3v) is 3.10. The van der Waals surface area contributed by atoms with Crippen molar-refractivity contribution in [1.82, 2.24) is 10.2 Å². The average molecular weight is 272 g/mol. The van der Waals surface area contributed by atoms with Crippen LogP contribution in [0.15, 0.2) is 0 Å². The zero-order valence-electron chi connectivity index (χ0n) is 12.9.